The van der Waals surface area contributed by atoms with Crippen LogP contribution in [-0.4, -0.2) is 34.5 Å². The Bertz CT molecular complexity index is 544. The summed E-state index contributed by atoms with van der Waals surface area (Å²) in [5.74, 6) is 1.99. The van der Waals surface area contributed by atoms with E-state index in [1.54, 1.807) is 0 Å². The maximum absolute atomic E-state index is 9.46. The van der Waals surface area contributed by atoms with Gasteiger partial charge in [-0.25, -0.2) is 0 Å². The Morgan fingerprint density at radius 1 is 1.35 bits per heavy atom. The normalized spacial score (nSPS) is 22.1. The van der Waals surface area contributed by atoms with Gasteiger partial charge < -0.3 is 19.7 Å². The van der Waals surface area contributed by atoms with Crippen molar-refractivity contribution < 1.29 is 14.4 Å². The fourth-order valence-corrected chi connectivity index (χ4v) is 2.19. The second kappa shape index (κ2) is 6.02. The first-order chi connectivity index (χ1) is 9.81. The molecule has 0 saturated carbocycles. The van der Waals surface area contributed by atoms with Crippen LogP contribution in [0.5, 0.6) is 5.75 Å². The number of β-amino-alcohol motifs (C(OH)–C–C–N with tert-alkyl or cyclic N) is 1. The number of rotatable bonds is 5. The highest BCUT2D eigenvalue weighted by Gasteiger charge is 2.27. The summed E-state index contributed by atoms with van der Waals surface area (Å²) in [4.78, 5) is 4.33. The van der Waals surface area contributed by atoms with E-state index in [1.807, 2.05) is 30.3 Å². The molecule has 1 aromatic carbocycles. The van der Waals surface area contributed by atoms with Crippen molar-refractivity contribution in [2.45, 2.75) is 25.0 Å². The van der Waals surface area contributed by atoms with Gasteiger partial charge in [0.2, 0.25) is 5.89 Å². The molecule has 2 heterocycles. The summed E-state index contributed by atoms with van der Waals surface area (Å²) in [6.07, 6.45) is 0.868. The molecule has 0 amide bonds. The van der Waals surface area contributed by atoms with Crippen molar-refractivity contribution in [1.29, 1.82) is 0 Å². The maximum atomic E-state index is 9.46. The number of nitrogens with one attached hydrogen (secondary N) is 1. The number of aliphatic hydroxyl groups is 1. The highest BCUT2D eigenvalue weighted by Crippen LogP contribution is 2.21. The van der Waals surface area contributed by atoms with E-state index in [-0.39, 0.29) is 12.1 Å². The minimum absolute atomic E-state index is 0.0405. The summed E-state index contributed by atoms with van der Waals surface area (Å²) < 4.78 is 10.8. The van der Waals surface area contributed by atoms with Crippen LogP contribution in [0.15, 0.2) is 34.9 Å². The van der Waals surface area contributed by atoms with Crippen LogP contribution in [0.3, 0.4) is 0 Å². The lowest BCUT2D eigenvalue weighted by molar-refractivity contribution is 0.191. The molecule has 0 aliphatic carbocycles. The zero-order valence-electron chi connectivity index (χ0n) is 11.0. The van der Waals surface area contributed by atoms with E-state index in [0.29, 0.717) is 37.7 Å². The van der Waals surface area contributed by atoms with Crippen molar-refractivity contribution in [3.05, 3.63) is 42.0 Å². The fraction of sp³-hybridized carbons (Fsp3) is 0.429. The van der Waals surface area contributed by atoms with Gasteiger partial charge in [-0.2, -0.15) is 4.98 Å². The number of ether oxygens (including phenoxy) is 1. The molecule has 1 aliphatic heterocycles. The molecule has 0 bridgehead atoms. The summed E-state index contributed by atoms with van der Waals surface area (Å²) in [6.45, 7) is 1.07. The van der Waals surface area contributed by atoms with Gasteiger partial charge in [0, 0.05) is 13.0 Å². The summed E-state index contributed by atoms with van der Waals surface area (Å²) in [6, 6.07) is 9.58. The van der Waals surface area contributed by atoms with Crippen LogP contribution in [-0.2, 0) is 6.42 Å². The lowest BCUT2D eigenvalue weighted by Gasteiger charge is -2.03. The summed E-state index contributed by atoms with van der Waals surface area (Å²) in [7, 11) is 0. The molecule has 0 spiro atoms. The SMILES string of the molecule is O[C@H]1CN[C@@H](c2nc(CCOc3ccccc3)no2)C1. The van der Waals surface area contributed by atoms with Crippen LogP contribution >= 0.6 is 0 Å². The third-order valence-electron chi connectivity index (χ3n) is 3.23. The summed E-state index contributed by atoms with van der Waals surface area (Å²) >= 11 is 0. The van der Waals surface area contributed by atoms with E-state index in [2.05, 4.69) is 15.5 Å². The van der Waals surface area contributed by atoms with Gasteiger partial charge in [-0.3, -0.25) is 0 Å². The Kier molecular flexibility index (Phi) is 3.94. The zero-order valence-corrected chi connectivity index (χ0v) is 11.0. The number of hydrogen-bond acceptors (Lipinski definition) is 6. The predicted molar refractivity (Wildman–Crippen MR) is 71.3 cm³/mol. The van der Waals surface area contributed by atoms with Crippen molar-refractivity contribution in [2.24, 2.45) is 0 Å². The van der Waals surface area contributed by atoms with E-state index in [0.717, 1.165) is 5.75 Å². The second-order valence-electron chi connectivity index (χ2n) is 4.81. The first kappa shape index (κ1) is 13.1. The predicted octanol–water partition coefficient (Wildman–Crippen LogP) is 1.09. The number of nitrogens with zero attached hydrogens (tertiary/aromatic N) is 2. The molecule has 0 radical (unpaired) electrons. The van der Waals surface area contributed by atoms with Gasteiger partial charge >= 0.3 is 0 Å². The molecule has 1 saturated heterocycles. The van der Waals surface area contributed by atoms with Crippen molar-refractivity contribution >= 4 is 0 Å². The van der Waals surface area contributed by atoms with Gasteiger partial charge in [0.15, 0.2) is 5.82 Å². The number of benzene rings is 1. The van der Waals surface area contributed by atoms with E-state index >= 15 is 0 Å². The lowest BCUT2D eigenvalue weighted by atomic mass is 10.2. The first-order valence-electron chi connectivity index (χ1n) is 6.73. The zero-order chi connectivity index (χ0) is 13.8. The highest BCUT2D eigenvalue weighted by molar-refractivity contribution is 5.20. The fourth-order valence-electron chi connectivity index (χ4n) is 2.19. The monoisotopic (exact) mass is 275 g/mol. The van der Waals surface area contributed by atoms with Crippen LogP contribution in [0.2, 0.25) is 0 Å². The largest absolute Gasteiger partial charge is 0.493 e. The molecule has 2 N–H and O–H groups in total. The van der Waals surface area contributed by atoms with Crippen molar-refractivity contribution in [1.82, 2.24) is 15.5 Å². The molecule has 3 rings (SSSR count). The Hall–Kier alpha value is -1.92. The molecule has 0 unspecified atom stereocenters. The third-order valence-corrected chi connectivity index (χ3v) is 3.23. The summed E-state index contributed by atoms with van der Waals surface area (Å²) in [5.41, 5.74) is 0. The molecular formula is C14H17N3O3. The van der Waals surface area contributed by atoms with Gasteiger partial charge in [-0.05, 0) is 18.6 Å². The van der Waals surface area contributed by atoms with Gasteiger partial charge in [-0.1, -0.05) is 23.4 Å². The highest BCUT2D eigenvalue weighted by atomic mass is 16.5. The van der Waals surface area contributed by atoms with Gasteiger partial charge in [0.1, 0.15) is 5.75 Å². The minimum Gasteiger partial charge on any atom is -0.493 e. The number of para-hydroxylation sites is 1. The van der Waals surface area contributed by atoms with Crippen LogP contribution in [0.1, 0.15) is 24.2 Å². The van der Waals surface area contributed by atoms with E-state index in [9.17, 15) is 5.11 Å². The van der Waals surface area contributed by atoms with Crippen molar-refractivity contribution in [3.8, 4) is 5.75 Å². The third kappa shape index (κ3) is 3.15. The molecule has 20 heavy (non-hydrogen) atoms. The molecule has 2 atom stereocenters. The number of aliphatic hydroxyl groups excluding tert-OH is 1. The average molecular weight is 275 g/mol. The number of aromatic nitrogens is 2. The first-order valence-corrected chi connectivity index (χ1v) is 6.73. The van der Waals surface area contributed by atoms with E-state index in [4.69, 9.17) is 9.26 Å². The summed E-state index contributed by atoms with van der Waals surface area (Å²) in [5, 5.41) is 16.5. The van der Waals surface area contributed by atoms with E-state index < -0.39 is 0 Å². The van der Waals surface area contributed by atoms with Gasteiger partial charge in [0.05, 0.1) is 18.8 Å². The maximum Gasteiger partial charge on any atom is 0.243 e. The average Bonchev–Trinajstić information content (AvgIpc) is 3.09. The number of hydrogen-bond donors (Lipinski definition) is 2. The molecule has 6 heteroatoms. The Labute approximate surface area is 116 Å². The smallest absolute Gasteiger partial charge is 0.243 e. The standard InChI is InChI=1S/C14H17N3O3/c18-10-8-12(15-9-10)14-16-13(17-20-14)6-7-19-11-4-2-1-3-5-11/h1-5,10,12,15,18H,6-9H2/t10-,12-/m1/s1. The van der Waals surface area contributed by atoms with Crippen LogP contribution in [0.25, 0.3) is 0 Å². The van der Waals surface area contributed by atoms with Gasteiger partial charge in [-0.15, -0.1) is 0 Å². The molecular weight excluding hydrogens is 258 g/mol. The minimum atomic E-state index is -0.336. The molecule has 1 fully saturated rings. The Balaban J connectivity index is 1.50. The van der Waals surface area contributed by atoms with Crippen molar-refractivity contribution in [3.63, 3.8) is 0 Å². The van der Waals surface area contributed by atoms with Gasteiger partial charge in [0.25, 0.3) is 0 Å². The topological polar surface area (TPSA) is 80.4 Å². The second-order valence-corrected chi connectivity index (χ2v) is 4.81. The quantitative estimate of drug-likeness (QED) is 0.850. The lowest BCUT2D eigenvalue weighted by Crippen LogP contribution is -2.15. The molecule has 106 valence electrons. The van der Waals surface area contributed by atoms with Crippen LogP contribution in [0, 0.1) is 0 Å². The van der Waals surface area contributed by atoms with E-state index in [1.165, 1.54) is 0 Å². The van der Waals surface area contributed by atoms with Crippen molar-refractivity contribution in [2.75, 3.05) is 13.2 Å². The molecule has 1 aliphatic rings. The molecule has 2 aromatic rings. The van der Waals surface area contributed by atoms with Crippen LogP contribution < -0.4 is 10.1 Å². The molecule has 1 aromatic heterocycles. The Morgan fingerprint density at radius 3 is 2.95 bits per heavy atom. The Morgan fingerprint density at radius 2 is 2.20 bits per heavy atom. The van der Waals surface area contributed by atoms with Crippen LogP contribution in [0.4, 0.5) is 0 Å². The molecule has 6 nitrogen and oxygen atoms in total.